The van der Waals surface area contributed by atoms with E-state index < -0.39 is 0 Å². The van der Waals surface area contributed by atoms with Crippen LogP contribution in [0.15, 0.2) is 29.8 Å². The predicted molar refractivity (Wildman–Crippen MR) is 82.8 cm³/mol. The van der Waals surface area contributed by atoms with E-state index in [0.29, 0.717) is 11.6 Å². The van der Waals surface area contributed by atoms with Crippen LogP contribution in [-0.4, -0.2) is 15.3 Å². The van der Waals surface area contributed by atoms with Gasteiger partial charge in [-0.05, 0) is 17.7 Å². The molecule has 4 rings (SSSR count). The van der Waals surface area contributed by atoms with Gasteiger partial charge in [-0.1, -0.05) is 17.7 Å². The van der Waals surface area contributed by atoms with Gasteiger partial charge in [0.05, 0.1) is 17.9 Å². The number of benzene rings is 1. The number of rotatable bonds is 1. The van der Waals surface area contributed by atoms with Crippen LogP contribution in [0.1, 0.15) is 29.3 Å². The van der Waals surface area contributed by atoms with Crippen LogP contribution < -0.4 is 5.32 Å². The Hall–Kier alpha value is -1.92. The number of nitrogens with one attached hydrogen (secondary N) is 1. The molecule has 0 unspecified atom stereocenters. The van der Waals surface area contributed by atoms with Crippen LogP contribution in [0.3, 0.4) is 0 Å². The minimum absolute atomic E-state index is 0.0626. The van der Waals surface area contributed by atoms with Crippen LogP contribution in [0.25, 0.3) is 4.96 Å². The molecule has 1 aliphatic heterocycles. The number of carbonyl (C=O) groups is 1. The summed E-state index contributed by atoms with van der Waals surface area (Å²) in [5.41, 5.74) is 2.53. The van der Waals surface area contributed by atoms with E-state index in [2.05, 4.69) is 10.3 Å². The number of halogens is 2. The van der Waals surface area contributed by atoms with E-state index in [9.17, 15) is 9.18 Å². The zero-order chi connectivity index (χ0) is 15.3. The lowest BCUT2D eigenvalue weighted by atomic mass is 9.91. The number of hydrogen-bond acceptors (Lipinski definition) is 3. The molecule has 7 heteroatoms. The maximum Gasteiger partial charge on any atom is 0.221 e. The monoisotopic (exact) mass is 335 g/mol. The third-order valence-corrected chi connectivity index (χ3v) is 4.97. The van der Waals surface area contributed by atoms with Crippen molar-refractivity contribution >= 4 is 33.8 Å². The summed E-state index contributed by atoms with van der Waals surface area (Å²) < 4.78 is 15.3. The summed E-state index contributed by atoms with van der Waals surface area (Å²) >= 11 is 7.76. The van der Waals surface area contributed by atoms with Crippen molar-refractivity contribution in [3.63, 3.8) is 0 Å². The van der Waals surface area contributed by atoms with Gasteiger partial charge in [-0.2, -0.15) is 0 Å². The van der Waals surface area contributed by atoms with E-state index in [4.69, 9.17) is 11.6 Å². The normalized spacial score (nSPS) is 18.1. The highest BCUT2D eigenvalue weighted by atomic mass is 35.5. The van der Waals surface area contributed by atoms with E-state index in [1.807, 2.05) is 16.0 Å². The largest absolute Gasteiger partial charge is 0.350 e. The first-order valence-corrected chi connectivity index (χ1v) is 8.05. The lowest BCUT2D eigenvalue weighted by Gasteiger charge is -2.16. The average molecular weight is 336 g/mol. The van der Waals surface area contributed by atoms with Gasteiger partial charge in [-0.15, -0.1) is 11.3 Å². The fourth-order valence-corrected chi connectivity index (χ4v) is 3.96. The molecular formula is C15H11ClFN3OS. The zero-order valence-electron chi connectivity index (χ0n) is 11.3. The Balaban J connectivity index is 1.95. The molecule has 0 radical (unpaired) electrons. The number of imidazole rings is 1. The Kier molecular flexibility index (Phi) is 3.16. The van der Waals surface area contributed by atoms with Gasteiger partial charge in [0, 0.05) is 28.9 Å². The SMILES string of the molecule is O=C1C[C@H](c2ccc(F)cc2Cl)c2c(nc3sccn23)CN1. The van der Waals surface area contributed by atoms with Crippen molar-refractivity contribution in [2.75, 3.05) is 0 Å². The second-order valence-corrected chi connectivity index (χ2v) is 6.48. The third kappa shape index (κ3) is 2.10. The van der Waals surface area contributed by atoms with Crippen LogP contribution in [0.4, 0.5) is 4.39 Å². The van der Waals surface area contributed by atoms with E-state index in [-0.39, 0.29) is 24.1 Å². The lowest BCUT2D eigenvalue weighted by molar-refractivity contribution is -0.121. The molecule has 22 heavy (non-hydrogen) atoms. The van der Waals surface area contributed by atoms with Crippen molar-refractivity contribution in [3.05, 3.63) is 57.6 Å². The molecule has 0 aliphatic carbocycles. The Labute approximate surface area is 134 Å². The number of hydrogen-bond donors (Lipinski definition) is 1. The molecule has 2 aromatic heterocycles. The van der Waals surface area contributed by atoms with E-state index in [1.165, 1.54) is 23.5 Å². The minimum Gasteiger partial charge on any atom is -0.350 e. The number of thiazole rings is 1. The van der Waals surface area contributed by atoms with Crippen LogP contribution >= 0.6 is 22.9 Å². The Morgan fingerprint density at radius 2 is 2.32 bits per heavy atom. The summed E-state index contributed by atoms with van der Waals surface area (Å²) in [6.45, 7) is 0.401. The van der Waals surface area contributed by atoms with Gasteiger partial charge in [0.25, 0.3) is 0 Å². The fourth-order valence-electron chi connectivity index (χ4n) is 2.93. The first kappa shape index (κ1) is 13.7. The van der Waals surface area contributed by atoms with E-state index in [1.54, 1.807) is 6.07 Å². The molecular weight excluding hydrogens is 325 g/mol. The second-order valence-electron chi connectivity index (χ2n) is 5.20. The molecule has 0 bridgehead atoms. The molecule has 0 spiro atoms. The Morgan fingerprint density at radius 1 is 1.45 bits per heavy atom. The molecule has 1 N–H and O–H groups in total. The number of aromatic nitrogens is 2. The quantitative estimate of drug-likeness (QED) is 0.741. The summed E-state index contributed by atoms with van der Waals surface area (Å²) in [5.74, 6) is -0.691. The van der Waals surface area contributed by atoms with Gasteiger partial charge >= 0.3 is 0 Å². The molecule has 3 aromatic rings. The summed E-state index contributed by atoms with van der Waals surface area (Å²) in [6.07, 6.45) is 2.20. The van der Waals surface area contributed by atoms with E-state index >= 15 is 0 Å². The number of fused-ring (bicyclic) bond motifs is 3. The maximum atomic E-state index is 13.3. The van der Waals surface area contributed by atoms with Crippen molar-refractivity contribution in [1.82, 2.24) is 14.7 Å². The molecule has 0 fully saturated rings. The summed E-state index contributed by atoms with van der Waals surface area (Å²) in [4.78, 5) is 17.5. The molecule has 0 saturated carbocycles. The lowest BCUT2D eigenvalue weighted by Crippen LogP contribution is -2.21. The molecule has 112 valence electrons. The van der Waals surface area contributed by atoms with Crippen molar-refractivity contribution in [2.24, 2.45) is 0 Å². The second kappa shape index (κ2) is 5.07. The highest BCUT2D eigenvalue weighted by Crippen LogP contribution is 2.37. The summed E-state index contributed by atoms with van der Waals surface area (Å²) in [5, 5.41) is 5.13. The minimum atomic E-state index is -0.388. The zero-order valence-corrected chi connectivity index (χ0v) is 12.9. The van der Waals surface area contributed by atoms with Gasteiger partial charge in [-0.25, -0.2) is 9.37 Å². The highest BCUT2D eigenvalue weighted by molar-refractivity contribution is 7.15. The summed E-state index contributed by atoms with van der Waals surface area (Å²) in [6, 6.07) is 4.30. The Morgan fingerprint density at radius 3 is 3.14 bits per heavy atom. The van der Waals surface area contributed by atoms with Gasteiger partial charge < -0.3 is 5.32 Å². The van der Waals surface area contributed by atoms with Crippen molar-refractivity contribution in [2.45, 2.75) is 18.9 Å². The number of nitrogens with zero attached hydrogens (tertiary/aromatic N) is 2. The van der Waals surface area contributed by atoms with Crippen LogP contribution in [0.2, 0.25) is 5.02 Å². The molecule has 1 amide bonds. The Bertz CT molecular complexity index is 888. The van der Waals surface area contributed by atoms with Crippen LogP contribution in [-0.2, 0) is 11.3 Å². The predicted octanol–water partition coefficient (Wildman–Crippen LogP) is 3.34. The number of amides is 1. The molecule has 0 saturated heterocycles. The smallest absolute Gasteiger partial charge is 0.221 e. The highest BCUT2D eigenvalue weighted by Gasteiger charge is 2.30. The summed E-state index contributed by atoms with van der Waals surface area (Å²) in [7, 11) is 0. The van der Waals surface area contributed by atoms with Crippen molar-refractivity contribution in [3.8, 4) is 0 Å². The average Bonchev–Trinajstić information content (AvgIpc) is 2.99. The molecule has 1 aliphatic rings. The third-order valence-electron chi connectivity index (χ3n) is 3.89. The van der Waals surface area contributed by atoms with Crippen molar-refractivity contribution < 1.29 is 9.18 Å². The first-order chi connectivity index (χ1) is 10.6. The fraction of sp³-hybridized carbons (Fsp3) is 0.200. The molecule has 1 aromatic carbocycles. The van der Waals surface area contributed by atoms with Gasteiger partial charge in [0.2, 0.25) is 5.91 Å². The standard InChI is InChI=1S/C15H11ClFN3OS/c16-11-5-8(17)1-2-9(11)10-6-13(21)18-7-12-14(10)20-3-4-22-15(20)19-12/h1-5,10H,6-7H2,(H,18,21)/t10-/m1/s1. The van der Waals surface area contributed by atoms with Crippen molar-refractivity contribution in [1.29, 1.82) is 0 Å². The topological polar surface area (TPSA) is 46.4 Å². The van der Waals surface area contributed by atoms with Gasteiger partial charge in [0.15, 0.2) is 4.96 Å². The van der Waals surface area contributed by atoms with Crippen LogP contribution in [0, 0.1) is 5.82 Å². The van der Waals surface area contributed by atoms with Gasteiger partial charge in [0.1, 0.15) is 5.82 Å². The van der Waals surface area contributed by atoms with Crippen LogP contribution in [0.5, 0.6) is 0 Å². The first-order valence-electron chi connectivity index (χ1n) is 6.79. The van der Waals surface area contributed by atoms with E-state index in [0.717, 1.165) is 21.9 Å². The number of carbonyl (C=O) groups excluding carboxylic acids is 1. The molecule has 3 heterocycles. The molecule has 1 atom stereocenters. The maximum absolute atomic E-state index is 13.3. The molecule has 4 nitrogen and oxygen atoms in total. The van der Waals surface area contributed by atoms with Gasteiger partial charge in [-0.3, -0.25) is 9.20 Å².